The zero-order chi connectivity index (χ0) is 18.2. The minimum Gasteiger partial charge on any atom is -0.383 e. The van der Waals surface area contributed by atoms with Crippen molar-refractivity contribution >= 4 is 34.1 Å². The van der Waals surface area contributed by atoms with Gasteiger partial charge in [0.25, 0.3) is 0 Å². The SMILES string of the molecule is COCCNc1nnc(S[C@H](C)C(=O)N[C@H](C)c2ccc(F)cc2)s1. The number of hydrogen-bond donors (Lipinski definition) is 2. The molecule has 0 aliphatic carbocycles. The number of hydrogen-bond acceptors (Lipinski definition) is 7. The summed E-state index contributed by atoms with van der Waals surface area (Å²) in [4.78, 5) is 12.3. The summed E-state index contributed by atoms with van der Waals surface area (Å²) in [7, 11) is 1.64. The monoisotopic (exact) mass is 384 g/mol. The second kappa shape index (κ2) is 9.69. The molecule has 9 heteroatoms. The quantitative estimate of drug-likeness (QED) is 0.511. The molecular formula is C16H21FN4O2S2. The maximum Gasteiger partial charge on any atom is 0.233 e. The Labute approximate surface area is 154 Å². The first-order chi connectivity index (χ1) is 12.0. The van der Waals surface area contributed by atoms with Crippen LogP contribution in [0.3, 0.4) is 0 Å². The molecule has 2 atom stereocenters. The average Bonchev–Trinajstić information content (AvgIpc) is 3.03. The lowest BCUT2D eigenvalue weighted by Crippen LogP contribution is -2.33. The van der Waals surface area contributed by atoms with Gasteiger partial charge in [0, 0.05) is 13.7 Å². The number of methoxy groups -OCH3 is 1. The molecule has 0 radical (unpaired) electrons. The van der Waals surface area contributed by atoms with Gasteiger partial charge in [-0.3, -0.25) is 4.79 Å². The number of amides is 1. The van der Waals surface area contributed by atoms with Gasteiger partial charge in [0.15, 0.2) is 4.34 Å². The van der Waals surface area contributed by atoms with Gasteiger partial charge in [-0.05, 0) is 31.5 Å². The van der Waals surface area contributed by atoms with E-state index < -0.39 is 0 Å². The van der Waals surface area contributed by atoms with E-state index in [1.54, 1.807) is 19.2 Å². The van der Waals surface area contributed by atoms with Crippen molar-refractivity contribution in [2.24, 2.45) is 0 Å². The van der Waals surface area contributed by atoms with Crippen LogP contribution >= 0.6 is 23.1 Å². The molecule has 2 aromatic rings. The fourth-order valence-corrected chi connectivity index (χ4v) is 3.89. The van der Waals surface area contributed by atoms with Crippen LogP contribution in [0.25, 0.3) is 0 Å². The van der Waals surface area contributed by atoms with E-state index in [9.17, 15) is 9.18 Å². The van der Waals surface area contributed by atoms with Gasteiger partial charge in [0.2, 0.25) is 11.0 Å². The largest absolute Gasteiger partial charge is 0.383 e. The average molecular weight is 385 g/mol. The number of carbonyl (C=O) groups is 1. The number of nitrogens with one attached hydrogen (secondary N) is 2. The Morgan fingerprint density at radius 2 is 2.04 bits per heavy atom. The predicted molar refractivity (Wildman–Crippen MR) is 98.6 cm³/mol. The zero-order valence-electron chi connectivity index (χ0n) is 14.3. The third-order valence-corrected chi connectivity index (χ3v) is 5.43. The van der Waals surface area contributed by atoms with Crippen LogP contribution in [-0.4, -0.2) is 41.6 Å². The highest BCUT2D eigenvalue weighted by Gasteiger charge is 2.19. The van der Waals surface area contributed by atoms with Gasteiger partial charge in [0.1, 0.15) is 5.82 Å². The van der Waals surface area contributed by atoms with Crippen LogP contribution in [0.15, 0.2) is 28.6 Å². The molecule has 0 aliphatic rings. The number of thioether (sulfide) groups is 1. The molecule has 0 spiro atoms. The minimum absolute atomic E-state index is 0.106. The third-order valence-electron chi connectivity index (χ3n) is 3.36. The number of halogens is 1. The van der Waals surface area contributed by atoms with E-state index in [4.69, 9.17) is 4.74 Å². The Bertz CT molecular complexity index is 681. The molecule has 1 aromatic heterocycles. The van der Waals surface area contributed by atoms with E-state index in [1.165, 1.54) is 35.2 Å². The molecule has 2 N–H and O–H groups in total. The van der Waals surface area contributed by atoms with Crippen LogP contribution in [0.1, 0.15) is 25.5 Å². The molecule has 136 valence electrons. The van der Waals surface area contributed by atoms with Gasteiger partial charge in [-0.25, -0.2) is 4.39 Å². The van der Waals surface area contributed by atoms with Gasteiger partial charge in [-0.1, -0.05) is 35.2 Å². The zero-order valence-corrected chi connectivity index (χ0v) is 15.9. The molecule has 6 nitrogen and oxygen atoms in total. The van der Waals surface area contributed by atoms with Gasteiger partial charge in [-0.2, -0.15) is 0 Å². The number of nitrogens with zero attached hydrogens (tertiary/aromatic N) is 2. The standard InChI is InChI=1S/C16H21FN4O2S2/c1-10(12-4-6-13(17)7-5-12)19-14(22)11(2)24-16-21-20-15(25-16)18-8-9-23-3/h4-7,10-11H,8-9H2,1-3H3,(H,18,20)(H,19,22)/t10-,11-/m1/s1. The van der Waals surface area contributed by atoms with E-state index in [-0.39, 0.29) is 23.0 Å². The number of carbonyl (C=O) groups excluding carboxylic acids is 1. The summed E-state index contributed by atoms with van der Waals surface area (Å²) in [5.41, 5.74) is 0.854. The lowest BCUT2D eigenvalue weighted by Gasteiger charge is -2.17. The van der Waals surface area contributed by atoms with Gasteiger partial charge in [-0.15, -0.1) is 10.2 Å². The van der Waals surface area contributed by atoms with Gasteiger partial charge in [0.05, 0.1) is 17.9 Å². The molecule has 1 heterocycles. The number of benzene rings is 1. The Balaban J connectivity index is 1.84. The van der Waals surface area contributed by atoms with Crippen LogP contribution in [-0.2, 0) is 9.53 Å². The fourth-order valence-electron chi connectivity index (χ4n) is 1.96. The smallest absolute Gasteiger partial charge is 0.233 e. The van der Waals surface area contributed by atoms with Crippen molar-refractivity contribution < 1.29 is 13.9 Å². The number of anilines is 1. The molecule has 1 aromatic carbocycles. The van der Waals surface area contributed by atoms with Gasteiger partial charge < -0.3 is 15.4 Å². The molecule has 0 unspecified atom stereocenters. The van der Waals surface area contributed by atoms with Crippen molar-refractivity contribution in [1.29, 1.82) is 0 Å². The summed E-state index contributed by atoms with van der Waals surface area (Å²) in [5.74, 6) is -0.400. The summed E-state index contributed by atoms with van der Waals surface area (Å²) in [6.45, 7) is 4.92. The first-order valence-electron chi connectivity index (χ1n) is 7.78. The number of ether oxygens (including phenoxy) is 1. The van der Waals surface area contributed by atoms with E-state index in [0.717, 1.165) is 9.90 Å². The maximum absolute atomic E-state index is 13.0. The van der Waals surface area contributed by atoms with E-state index in [0.29, 0.717) is 18.3 Å². The Morgan fingerprint density at radius 3 is 2.72 bits per heavy atom. The molecule has 0 saturated carbocycles. The van der Waals surface area contributed by atoms with Crippen LogP contribution in [0.5, 0.6) is 0 Å². The summed E-state index contributed by atoms with van der Waals surface area (Å²) in [6, 6.07) is 5.91. The predicted octanol–water partition coefficient (Wildman–Crippen LogP) is 3.09. The molecular weight excluding hydrogens is 363 g/mol. The first kappa shape index (κ1) is 19.6. The normalized spacial score (nSPS) is 13.3. The van der Waals surface area contributed by atoms with Crippen molar-refractivity contribution in [1.82, 2.24) is 15.5 Å². The van der Waals surface area contributed by atoms with Crippen molar-refractivity contribution in [3.63, 3.8) is 0 Å². The molecule has 25 heavy (non-hydrogen) atoms. The van der Waals surface area contributed by atoms with E-state index in [2.05, 4.69) is 20.8 Å². The summed E-state index contributed by atoms with van der Waals surface area (Å²) < 4.78 is 18.6. The van der Waals surface area contributed by atoms with Crippen LogP contribution < -0.4 is 10.6 Å². The molecule has 0 fully saturated rings. The second-order valence-electron chi connectivity index (χ2n) is 5.33. The van der Waals surface area contributed by atoms with E-state index in [1.807, 2.05) is 13.8 Å². The van der Waals surface area contributed by atoms with Gasteiger partial charge >= 0.3 is 0 Å². The molecule has 0 aliphatic heterocycles. The molecule has 1 amide bonds. The van der Waals surface area contributed by atoms with Crippen molar-refractivity contribution in [2.75, 3.05) is 25.6 Å². The Kier molecular flexibility index (Phi) is 7.60. The highest BCUT2D eigenvalue weighted by atomic mass is 32.2. The lowest BCUT2D eigenvalue weighted by atomic mass is 10.1. The second-order valence-corrected chi connectivity index (χ2v) is 7.90. The fraction of sp³-hybridized carbons (Fsp3) is 0.438. The van der Waals surface area contributed by atoms with Crippen molar-refractivity contribution in [2.45, 2.75) is 29.5 Å². The summed E-state index contributed by atoms with van der Waals surface area (Å²) >= 11 is 2.75. The Hall–Kier alpha value is -1.71. The summed E-state index contributed by atoms with van der Waals surface area (Å²) in [5, 5.41) is 14.5. The highest BCUT2D eigenvalue weighted by Crippen LogP contribution is 2.29. The first-order valence-corrected chi connectivity index (χ1v) is 9.48. The van der Waals surface area contributed by atoms with Crippen LogP contribution in [0.4, 0.5) is 9.52 Å². The van der Waals surface area contributed by atoms with Crippen LogP contribution in [0.2, 0.25) is 0 Å². The lowest BCUT2D eigenvalue weighted by molar-refractivity contribution is -0.120. The number of rotatable bonds is 9. The molecule has 2 rings (SSSR count). The maximum atomic E-state index is 13.0. The highest BCUT2D eigenvalue weighted by molar-refractivity contribution is 8.02. The van der Waals surface area contributed by atoms with Crippen molar-refractivity contribution in [3.05, 3.63) is 35.6 Å². The molecule has 0 bridgehead atoms. The minimum atomic E-state index is -0.317. The Morgan fingerprint density at radius 1 is 1.32 bits per heavy atom. The van der Waals surface area contributed by atoms with E-state index >= 15 is 0 Å². The van der Waals surface area contributed by atoms with Crippen LogP contribution in [0, 0.1) is 5.82 Å². The third kappa shape index (κ3) is 6.26. The topological polar surface area (TPSA) is 76.1 Å². The number of aromatic nitrogens is 2. The van der Waals surface area contributed by atoms with Crippen molar-refractivity contribution in [3.8, 4) is 0 Å². The summed E-state index contributed by atoms with van der Waals surface area (Å²) in [6.07, 6.45) is 0. The molecule has 0 saturated heterocycles.